The molecule has 1 aliphatic rings. The average Bonchev–Trinajstić information content (AvgIpc) is 2.74. The van der Waals surface area contributed by atoms with Gasteiger partial charge in [0.25, 0.3) is 5.56 Å². The normalized spacial score (nSPS) is 15.3. The van der Waals surface area contributed by atoms with E-state index in [1.165, 1.54) is 30.0 Å². The molecule has 9 heteroatoms. The summed E-state index contributed by atoms with van der Waals surface area (Å²) in [6, 6.07) is 10.9. The molecule has 1 aromatic heterocycles. The molecule has 0 bridgehead atoms. The highest BCUT2D eigenvalue weighted by Crippen LogP contribution is 2.38. The van der Waals surface area contributed by atoms with E-state index >= 15 is 0 Å². The SMILES string of the molecule is CCOc1cc([C@H]2CC(=O)Nc3nc(SCc4ccc(F)cc4)[nH]c(=O)c32)ccc1O. The summed E-state index contributed by atoms with van der Waals surface area (Å²) < 4.78 is 18.5. The van der Waals surface area contributed by atoms with Crippen LogP contribution in [0.4, 0.5) is 10.2 Å². The first-order valence-electron chi connectivity index (χ1n) is 9.71. The van der Waals surface area contributed by atoms with E-state index in [1.807, 2.05) is 0 Å². The maximum absolute atomic E-state index is 13.1. The van der Waals surface area contributed by atoms with Gasteiger partial charge in [-0.15, -0.1) is 0 Å². The van der Waals surface area contributed by atoms with Crippen molar-refractivity contribution < 1.29 is 19.0 Å². The van der Waals surface area contributed by atoms with Gasteiger partial charge >= 0.3 is 0 Å². The van der Waals surface area contributed by atoms with Gasteiger partial charge in [-0.3, -0.25) is 9.59 Å². The first-order valence-corrected chi connectivity index (χ1v) is 10.7. The molecule has 0 spiro atoms. The number of nitrogens with zero attached hydrogens (tertiary/aromatic N) is 1. The number of ether oxygens (including phenoxy) is 1. The van der Waals surface area contributed by atoms with Gasteiger partial charge in [-0.1, -0.05) is 30.0 Å². The van der Waals surface area contributed by atoms with Crippen LogP contribution in [-0.4, -0.2) is 27.6 Å². The quantitative estimate of drug-likeness (QED) is 0.397. The Morgan fingerprint density at radius 3 is 2.74 bits per heavy atom. The number of aromatic nitrogens is 2. The van der Waals surface area contributed by atoms with Crippen LogP contribution in [0.2, 0.25) is 0 Å². The Kier molecular flexibility index (Phi) is 5.94. The molecule has 0 radical (unpaired) electrons. The molecular weight excluding hydrogens is 421 g/mol. The van der Waals surface area contributed by atoms with Crippen molar-refractivity contribution >= 4 is 23.5 Å². The molecule has 160 valence electrons. The van der Waals surface area contributed by atoms with Crippen molar-refractivity contribution in [3.8, 4) is 11.5 Å². The molecule has 0 saturated carbocycles. The number of hydrogen-bond acceptors (Lipinski definition) is 6. The van der Waals surface area contributed by atoms with Crippen molar-refractivity contribution in [1.82, 2.24) is 9.97 Å². The van der Waals surface area contributed by atoms with Crippen molar-refractivity contribution in [1.29, 1.82) is 0 Å². The lowest BCUT2D eigenvalue weighted by Gasteiger charge is -2.25. The summed E-state index contributed by atoms with van der Waals surface area (Å²) in [4.78, 5) is 32.5. The lowest BCUT2D eigenvalue weighted by atomic mass is 9.86. The molecule has 2 aromatic carbocycles. The zero-order valence-electron chi connectivity index (χ0n) is 16.6. The van der Waals surface area contributed by atoms with E-state index in [-0.39, 0.29) is 35.3 Å². The van der Waals surface area contributed by atoms with Crippen molar-refractivity contribution in [2.45, 2.75) is 30.2 Å². The number of phenols is 1. The van der Waals surface area contributed by atoms with Gasteiger partial charge in [0, 0.05) is 18.1 Å². The van der Waals surface area contributed by atoms with E-state index in [4.69, 9.17) is 4.74 Å². The molecule has 0 fully saturated rings. The number of thioether (sulfide) groups is 1. The number of anilines is 1. The highest BCUT2D eigenvalue weighted by atomic mass is 32.2. The van der Waals surface area contributed by atoms with Gasteiger partial charge in [-0.2, -0.15) is 0 Å². The number of carbonyl (C=O) groups excluding carboxylic acids is 1. The van der Waals surface area contributed by atoms with Gasteiger partial charge < -0.3 is 20.1 Å². The third kappa shape index (κ3) is 4.56. The number of hydrogen-bond donors (Lipinski definition) is 3. The average molecular weight is 441 g/mol. The van der Waals surface area contributed by atoms with Crippen molar-refractivity contribution in [3.63, 3.8) is 0 Å². The summed E-state index contributed by atoms with van der Waals surface area (Å²) in [7, 11) is 0. The van der Waals surface area contributed by atoms with Crippen LogP contribution in [0, 0.1) is 5.82 Å². The number of aromatic amines is 1. The number of rotatable bonds is 6. The van der Waals surface area contributed by atoms with Crippen LogP contribution in [0.15, 0.2) is 52.4 Å². The fraction of sp³-hybridized carbons (Fsp3) is 0.227. The second-order valence-corrected chi connectivity index (χ2v) is 7.98. The predicted octanol–water partition coefficient (Wildman–Crippen LogP) is 3.78. The maximum atomic E-state index is 13.1. The largest absolute Gasteiger partial charge is 0.504 e. The predicted molar refractivity (Wildman–Crippen MR) is 115 cm³/mol. The van der Waals surface area contributed by atoms with Gasteiger partial charge in [0.2, 0.25) is 5.91 Å². The van der Waals surface area contributed by atoms with E-state index in [9.17, 15) is 19.1 Å². The zero-order valence-corrected chi connectivity index (χ0v) is 17.5. The molecule has 31 heavy (non-hydrogen) atoms. The molecule has 3 aromatic rings. The maximum Gasteiger partial charge on any atom is 0.257 e. The number of carbonyl (C=O) groups is 1. The number of fused-ring (bicyclic) bond motifs is 1. The first-order chi connectivity index (χ1) is 14.9. The number of nitrogens with one attached hydrogen (secondary N) is 2. The third-order valence-corrected chi connectivity index (χ3v) is 5.85. The van der Waals surface area contributed by atoms with Crippen LogP contribution in [0.1, 0.15) is 36.0 Å². The lowest BCUT2D eigenvalue weighted by molar-refractivity contribution is -0.116. The Balaban J connectivity index is 1.65. The Morgan fingerprint density at radius 1 is 1.23 bits per heavy atom. The van der Waals surface area contributed by atoms with Crippen LogP contribution in [-0.2, 0) is 10.5 Å². The number of benzene rings is 2. The summed E-state index contributed by atoms with van der Waals surface area (Å²) >= 11 is 1.28. The zero-order chi connectivity index (χ0) is 22.0. The number of phenolic OH excluding ortho intramolecular Hbond substituents is 1. The van der Waals surface area contributed by atoms with E-state index < -0.39 is 5.92 Å². The van der Waals surface area contributed by atoms with Crippen LogP contribution in [0.25, 0.3) is 0 Å². The summed E-state index contributed by atoms with van der Waals surface area (Å²) in [6.07, 6.45) is 0.0795. The Labute approximate surface area is 181 Å². The Morgan fingerprint density at radius 2 is 2.00 bits per heavy atom. The summed E-state index contributed by atoms with van der Waals surface area (Å²) in [5, 5.41) is 13.0. The fourth-order valence-corrected chi connectivity index (χ4v) is 4.27. The minimum atomic E-state index is -0.518. The Hall–Kier alpha value is -3.33. The highest BCUT2D eigenvalue weighted by molar-refractivity contribution is 7.98. The lowest BCUT2D eigenvalue weighted by Crippen LogP contribution is -2.31. The van der Waals surface area contributed by atoms with Crippen LogP contribution in [0.5, 0.6) is 11.5 Å². The first kappa shape index (κ1) is 20.9. The van der Waals surface area contributed by atoms with E-state index in [0.29, 0.717) is 34.4 Å². The van der Waals surface area contributed by atoms with Gasteiger partial charge in [0.15, 0.2) is 16.7 Å². The number of aromatic hydroxyl groups is 1. The van der Waals surface area contributed by atoms with Crippen molar-refractivity contribution in [3.05, 3.63) is 75.3 Å². The second kappa shape index (κ2) is 8.81. The third-order valence-electron chi connectivity index (χ3n) is 4.90. The standard InChI is InChI=1S/C22H20FN3O4S/c1-2-30-17-9-13(5-8-16(17)27)15-10-18(28)24-20-19(15)21(29)26-22(25-20)31-11-12-3-6-14(23)7-4-12/h3-9,15,27H,2,10-11H2,1H3,(H2,24,25,26,28,29)/t15-/m1/s1. The topological polar surface area (TPSA) is 104 Å². The summed E-state index contributed by atoms with van der Waals surface area (Å²) in [6.45, 7) is 2.17. The molecule has 0 saturated heterocycles. The molecular formula is C22H20FN3O4S. The van der Waals surface area contributed by atoms with Crippen LogP contribution >= 0.6 is 11.8 Å². The molecule has 3 N–H and O–H groups in total. The smallest absolute Gasteiger partial charge is 0.257 e. The van der Waals surface area contributed by atoms with Gasteiger partial charge in [-0.05, 0) is 42.3 Å². The minimum Gasteiger partial charge on any atom is -0.504 e. The number of amides is 1. The molecule has 0 aliphatic carbocycles. The molecule has 1 amide bonds. The molecule has 1 aliphatic heterocycles. The molecule has 0 unspecified atom stereocenters. The second-order valence-electron chi connectivity index (χ2n) is 7.01. The van der Waals surface area contributed by atoms with Gasteiger partial charge in [0.1, 0.15) is 11.6 Å². The Bertz CT molecular complexity index is 1180. The van der Waals surface area contributed by atoms with Crippen LogP contribution < -0.4 is 15.6 Å². The highest BCUT2D eigenvalue weighted by Gasteiger charge is 2.31. The molecule has 7 nitrogen and oxygen atoms in total. The van der Waals surface area contributed by atoms with Gasteiger partial charge in [0.05, 0.1) is 12.2 Å². The van der Waals surface area contributed by atoms with Crippen LogP contribution in [0.3, 0.4) is 0 Å². The van der Waals surface area contributed by atoms with E-state index in [2.05, 4.69) is 15.3 Å². The minimum absolute atomic E-state index is 0.00865. The van der Waals surface area contributed by atoms with E-state index in [1.54, 1.807) is 31.2 Å². The number of H-pyrrole nitrogens is 1. The summed E-state index contributed by atoms with van der Waals surface area (Å²) in [5.74, 6) is -0.0991. The van der Waals surface area contributed by atoms with Crippen molar-refractivity contribution in [2.75, 3.05) is 11.9 Å². The van der Waals surface area contributed by atoms with Gasteiger partial charge in [-0.25, -0.2) is 9.37 Å². The van der Waals surface area contributed by atoms with Crippen molar-refractivity contribution in [2.24, 2.45) is 0 Å². The fourth-order valence-electron chi connectivity index (χ4n) is 3.45. The summed E-state index contributed by atoms with van der Waals surface area (Å²) in [5.41, 5.74) is 1.57. The van der Waals surface area contributed by atoms with E-state index in [0.717, 1.165) is 5.56 Å². The number of halogens is 1. The molecule has 2 heterocycles. The molecule has 4 rings (SSSR count). The monoisotopic (exact) mass is 441 g/mol. The molecule has 1 atom stereocenters.